The van der Waals surface area contributed by atoms with Gasteiger partial charge in [0.2, 0.25) is 0 Å². The molecule has 0 radical (unpaired) electrons. The van der Waals surface area contributed by atoms with Gasteiger partial charge in [0.1, 0.15) is 12.7 Å². The van der Waals surface area contributed by atoms with Crippen LogP contribution in [0.3, 0.4) is 0 Å². The summed E-state index contributed by atoms with van der Waals surface area (Å²) in [4.78, 5) is 34.9. The molecule has 0 heterocycles. The first-order chi connectivity index (χ1) is 27.1. The van der Waals surface area contributed by atoms with Gasteiger partial charge in [-0.2, -0.15) is 0 Å². The van der Waals surface area contributed by atoms with Crippen molar-refractivity contribution in [2.75, 3.05) is 26.4 Å². The Bertz CT molecular complexity index is 1220. The van der Waals surface area contributed by atoms with Crippen LogP contribution in [0, 0.1) is 0 Å². The average molecular weight is 809 g/mol. The van der Waals surface area contributed by atoms with Gasteiger partial charge in [0.15, 0.2) is 6.10 Å². The Kier molecular flexibility index (Phi) is 36.9. The summed E-state index contributed by atoms with van der Waals surface area (Å²) >= 11 is 0. The van der Waals surface area contributed by atoms with Gasteiger partial charge in [0.05, 0.1) is 25.9 Å². The lowest BCUT2D eigenvalue weighted by Crippen LogP contribution is -2.29. The molecule has 0 rings (SSSR count). The van der Waals surface area contributed by atoms with Gasteiger partial charge in [-0.15, -0.1) is 0 Å². The lowest BCUT2D eigenvalue weighted by molar-refractivity contribution is -0.161. The zero-order valence-electron chi connectivity index (χ0n) is 34.2. The molecule has 0 saturated heterocycles. The summed E-state index contributed by atoms with van der Waals surface area (Å²) in [5, 5.41) is 28.0. The Labute approximate surface area is 337 Å². The molecule has 0 amide bonds. The number of aliphatic hydroxyl groups is 3. The second kappa shape index (κ2) is 39.0. The third-order valence-electron chi connectivity index (χ3n) is 8.08. The molecule has 320 valence electrons. The number of rotatable bonds is 37. The Hall–Kier alpha value is -2.89. The van der Waals surface area contributed by atoms with Crippen LogP contribution >= 0.6 is 7.82 Å². The van der Waals surface area contributed by atoms with E-state index in [1.165, 1.54) is 19.3 Å². The quantitative estimate of drug-likeness (QED) is 0.0204. The number of unbranched alkanes of at least 4 members (excludes halogenated alkanes) is 6. The minimum absolute atomic E-state index is 0.0802. The minimum atomic E-state index is -4.65. The Morgan fingerprint density at radius 3 is 1.59 bits per heavy atom. The molecule has 2 unspecified atom stereocenters. The number of hydrogen-bond acceptors (Lipinski definition) is 10. The summed E-state index contributed by atoms with van der Waals surface area (Å²) in [5.41, 5.74) is 0. The number of esters is 2. The number of aliphatic hydroxyl groups excluding tert-OH is 3. The van der Waals surface area contributed by atoms with Crippen LogP contribution in [0.25, 0.3) is 0 Å². The number of phosphoric acid groups is 1. The van der Waals surface area contributed by atoms with Crippen LogP contribution < -0.4 is 0 Å². The fourth-order valence-electron chi connectivity index (χ4n) is 4.89. The largest absolute Gasteiger partial charge is 0.472 e. The molecule has 0 aromatic rings. The van der Waals surface area contributed by atoms with Gasteiger partial charge in [-0.05, 0) is 89.9 Å². The third kappa shape index (κ3) is 38.0. The van der Waals surface area contributed by atoms with Crippen LogP contribution in [0.1, 0.15) is 136 Å². The molecule has 0 aliphatic rings. The standard InChI is InChI=1S/C44H73O11P/c1-3-5-6-7-8-9-10-11-12-15-18-21-24-27-30-34-43(48)52-38-42(39-54-56(50,51)53-37-41(47)36-45)55-44(49)35-31-28-25-22-19-16-13-14-17-20-23-26-29-33-40(46)32-4-2/h8-9,11-13,16-18,20-22,25-26,29,40-42,45-47H,3-7,10,14-15,19,23-24,27-28,30-39H2,1-2H3,(H,50,51)/b9-8-,12-11-,16-13-,20-17-,21-18-,25-22-,29-26-/t40?,41-,42+/m0/s1. The van der Waals surface area contributed by atoms with Gasteiger partial charge in [-0.1, -0.05) is 118 Å². The zero-order chi connectivity index (χ0) is 41.4. The van der Waals surface area contributed by atoms with Crippen molar-refractivity contribution in [3.8, 4) is 0 Å². The van der Waals surface area contributed by atoms with Gasteiger partial charge < -0.3 is 29.7 Å². The topological polar surface area (TPSA) is 169 Å². The van der Waals surface area contributed by atoms with Gasteiger partial charge in [0, 0.05) is 12.8 Å². The van der Waals surface area contributed by atoms with Gasteiger partial charge in [-0.3, -0.25) is 18.6 Å². The predicted octanol–water partition coefficient (Wildman–Crippen LogP) is 9.63. The van der Waals surface area contributed by atoms with E-state index in [4.69, 9.17) is 19.1 Å². The van der Waals surface area contributed by atoms with Crippen molar-refractivity contribution in [3.05, 3.63) is 85.1 Å². The van der Waals surface area contributed by atoms with Crippen LogP contribution in [-0.2, 0) is 32.7 Å². The molecule has 0 aliphatic carbocycles. The van der Waals surface area contributed by atoms with E-state index in [1.807, 2.05) is 18.2 Å². The fraction of sp³-hybridized carbons (Fsp3) is 0.636. The summed E-state index contributed by atoms with van der Waals surface area (Å²) in [5.74, 6) is -1.07. The van der Waals surface area contributed by atoms with Gasteiger partial charge in [-0.25, -0.2) is 4.57 Å². The number of ether oxygens (including phenoxy) is 2. The first-order valence-corrected chi connectivity index (χ1v) is 22.1. The van der Waals surface area contributed by atoms with E-state index in [-0.39, 0.29) is 25.6 Å². The van der Waals surface area contributed by atoms with E-state index in [9.17, 15) is 29.3 Å². The molecule has 0 aliphatic heterocycles. The molecule has 4 N–H and O–H groups in total. The van der Waals surface area contributed by atoms with E-state index in [0.717, 1.165) is 64.2 Å². The number of phosphoric ester groups is 1. The van der Waals surface area contributed by atoms with Gasteiger partial charge in [0.25, 0.3) is 0 Å². The minimum Gasteiger partial charge on any atom is -0.462 e. The van der Waals surface area contributed by atoms with E-state index in [0.29, 0.717) is 25.7 Å². The van der Waals surface area contributed by atoms with Crippen molar-refractivity contribution in [3.63, 3.8) is 0 Å². The maximum Gasteiger partial charge on any atom is 0.472 e. The number of carbonyl (C=O) groups excluding carboxylic acids is 2. The molecule has 4 atom stereocenters. The second-order valence-corrected chi connectivity index (χ2v) is 14.9. The Morgan fingerprint density at radius 2 is 1.05 bits per heavy atom. The molecule has 0 bridgehead atoms. The van der Waals surface area contributed by atoms with Crippen molar-refractivity contribution >= 4 is 19.8 Å². The summed E-state index contributed by atoms with van der Waals surface area (Å²) in [6.07, 6.45) is 41.9. The molecule has 0 aromatic heterocycles. The molecule has 11 nitrogen and oxygen atoms in total. The first kappa shape index (κ1) is 53.1. The highest BCUT2D eigenvalue weighted by molar-refractivity contribution is 7.47. The summed E-state index contributed by atoms with van der Waals surface area (Å²) in [6, 6.07) is 0. The Balaban J connectivity index is 4.54. The highest BCUT2D eigenvalue weighted by atomic mass is 31.2. The number of carbonyl (C=O) groups is 2. The smallest absolute Gasteiger partial charge is 0.462 e. The lowest BCUT2D eigenvalue weighted by atomic mass is 10.1. The molecule has 12 heteroatoms. The molecule has 56 heavy (non-hydrogen) atoms. The van der Waals surface area contributed by atoms with Crippen molar-refractivity contribution < 1.29 is 52.9 Å². The summed E-state index contributed by atoms with van der Waals surface area (Å²) < 4.78 is 32.5. The maximum absolute atomic E-state index is 12.6. The molecule has 0 spiro atoms. The van der Waals surface area contributed by atoms with Crippen LogP contribution in [0.4, 0.5) is 0 Å². The summed E-state index contributed by atoms with van der Waals surface area (Å²) in [7, 11) is -4.65. The zero-order valence-corrected chi connectivity index (χ0v) is 35.1. The van der Waals surface area contributed by atoms with Crippen molar-refractivity contribution in [2.45, 2.75) is 154 Å². The summed E-state index contributed by atoms with van der Waals surface area (Å²) in [6.45, 7) is 2.00. The second-order valence-electron chi connectivity index (χ2n) is 13.5. The van der Waals surface area contributed by atoms with Gasteiger partial charge >= 0.3 is 19.8 Å². The molecule has 0 saturated carbocycles. The van der Waals surface area contributed by atoms with Crippen LogP contribution in [0.15, 0.2) is 85.1 Å². The van der Waals surface area contributed by atoms with Crippen molar-refractivity contribution in [1.82, 2.24) is 0 Å². The number of allylic oxidation sites excluding steroid dienone is 13. The van der Waals surface area contributed by atoms with Crippen molar-refractivity contribution in [2.24, 2.45) is 0 Å². The molecular formula is C44H73O11P. The van der Waals surface area contributed by atoms with Crippen molar-refractivity contribution in [1.29, 1.82) is 0 Å². The predicted molar refractivity (Wildman–Crippen MR) is 225 cm³/mol. The lowest BCUT2D eigenvalue weighted by Gasteiger charge is -2.20. The average Bonchev–Trinajstić information content (AvgIpc) is 3.18. The monoisotopic (exact) mass is 808 g/mol. The molecule has 0 fully saturated rings. The van der Waals surface area contributed by atoms with Crippen LogP contribution in [0.5, 0.6) is 0 Å². The SMILES string of the molecule is CCCCC/C=C\C/C=C\C/C=C\CCCCC(=O)OC[C@H](COP(=O)(O)OC[C@@H](O)CO)OC(=O)CCC/C=C\C/C=C\C/C=C\C/C=C\CC(O)CCC. The molecule has 0 aromatic carbocycles. The van der Waals surface area contributed by atoms with Crippen LogP contribution in [0.2, 0.25) is 0 Å². The van der Waals surface area contributed by atoms with E-state index in [1.54, 1.807) is 0 Å². The number of hydrogen-bond donors (Lipinski definition) is 4. The normalized spacial score (nSPS) is 15.3. The third-order valence-corrected chi connectivity index (χ3v) is 9.03. The Morgan fingerprint density at radius 1 is 0.571 bits per heavy atom. The maximum atomic E-state index is 12.6. The fourth-order valence-corrected chi connectivity index (χ4v) is 5.68. The highest BCUT2D eigenvalue weighted by Crippen LogP contribution is 2.43. The van der Waals surface area contributed by atoms with E-state index >= 15 is 0 Å². The molecular weight excluding hydrogens is 735 g/mol. The van der Waals surface area contributed by atoms with E-state index < -0.39 is 51.8 Å². The van der Waals surface area contributed by atoms with Crippen LogP contribution in [-0.4, -0.2) is 76.9 Å². The van der Waals surface area contributed by atoms with E-state index in [2.05, 4.69) is 85.2 Å². The first-order valence-electron chi connectivity index (χ1n) is 20.6. The highest BCUT2D eigenvalue weighted by Gasteiger charge is 2.27.